The van der Waals surface area contributed by atoms with Gasteiger partial charge in [0.1, 0.15) is 32.8 Å². The van der Waals surface area contributed by atoms with Crippen LogP contribution in [0.2, 0.25) is 0 Å². The number of pyridine rings is 1. The van der Waals surface area contributed by atoms with Crippen LogP contribution >= 0.6 is 24.0 Å². The minimum atomic E-state index is -0.419. The number of aromatic nitrogens is 2. The molecule has 1 aliphatic rings. The fourth-order valence-electron chi connectivity index (χ4n) is 3.75. The molecule has 1 aliphatic heterocycles. The first-order valence-electron chi connectivity index (χ1n) is 11.3. The number of thiocarbonyl (C=S) groups is 1. The molecule has 1 fully saturated rings. The zero-order chi connectivity index (χ0) is 25.9. The number of amides is 1. The van der Waals surface area contributed by atoms with Gasteiger partial charge in [-0.2, -0.15) is 4.98 Å². The van der Waals surface area contributed by atoms with Crippen LogP contribution in [0.5, 0.6) is 17.4 Å². The Morgan fingerprint density at radius 2 is 1.76 bits per heavy atom. The van der Waals surface area contributed by atoms with Crippen molar-refractivity contribution in [1.82, 2.24) is 14.3 Å². The average Bonchev–Trinajstić information content (AvgIpc) is 3.18. The molecule has 5 rings (SSSR count). The van der Waals surface area contributed by atoms with Crippen molar-refractivity contribution in [3.63, 3.8) is 0 Å². The van der Waals surface area contributed by atoms with Crippen LogP contribution in [-0.2, 0) is 11.2 Å². The maximum atomic E-state index is 13.4. The van der Waals surface area contributed by atoms with E-state index in [0.29, 0.717) is 33.6 Å². The normalized spacial score (nSPS) is 14.5. The molecule has 0 radical (unpaired) electrons. The lowest BCUT2D eigenvalue weighted by molar-refractivity contribution is -0.122. The quantitative estimate of drug-likeness (QED) is 0.242. The van der Waals surface area contributed by atoms with E-state index in [2.05, 4.69) is 4.98 Å². The summed E-state index contributed by atoms with van der Waals surface area (Å²) in [4.78, 5) is 32.9. The van der Waals surface area contributed by atoms with Crippen LogP contribution in [-0.4, -0.2) is 38.2 Å². The first-order valence-corrected chi connectivity index (χ1v) is 12.5. The molecule has 37 heavy (non-hydrogen) atoms. The number of thioether (sulfide) groups is 1. The largest absolute Gasteiger partial charge is 0.497 e. The number of hydrogen-bond donors (Lipinski definition) is 0. The molecule has 2 aromatic carbocycles. The van der Waals surface area contributed by atoms with E-state index in [4.69, 9.17) is 21.7 Å². The van der Waals surface area contributed by atoms with E-state index in [1.807, 2.05) is 24.3 Å². The van der Waals surface area contributed by atoms with E-state index in [1.54, 1.807) is 31.5 Å². The van der Waals surface area contributed by atoms with Crippen LogP contribution < -0.4 is 15.0 Å². The smallest absolute Gasteiger partial charge is 0.269 e. The number of nitrogens with zero attached hydrogens (tertiary/aromatic N) is 3. The highest BCUT2D eigenvalue weighted by atomic mass is 32.2. The summed E-state index contributed by atoms with van der Waals surface area (Å²) in [5.41, 5.74) is 1.08. The topological polar surface area (TPSA) is 73.1 Å². The number of rotatable bonds is 7. The predicted octanol–water partition coefficient (Wildman–Crippen LogP) is 5.08. The first-order chi connectivity index (χ1) is 17.9. The van der Waals surface area contributed by atoms with Crippen molar-refractivity contribution in [2.24, 2.45) is 0 Å². The van der Waals surface area contributed by atoms with Crippen LogP contribution in [0.1, 0.15) is 11.1 Å². The highest BCUT2D eigenvalue weighted by Gasteiger charge is 2.32. The van der Waals surface area contributed by atoms with Crippen LogP contribution in [0.25, 0.3) is 11.7 Å². The highest BCUT2D eigenvalue weighted by molar-refractivity contribution is 8.26. The third-order valence-electron chi connectivity index (χ3n) is 5.69. The molecular weight excluding hydrogens is 513 g/mol. The Kier molecular flexibility index (Phi) is 7.02. The Morgan fingerprint density at radius 3 is 2.49 bits per heavy atom. The van der Waals surface area contributed by atoms with Gasteiger partial charge in [-0.25, -0.2) is 4.39 Å². The van der Waals surface area contributed by atoms with Crippen molar-refractivity contribution in [2.45, 2.75) is 6.42 Å². The average molecular weight is 534 g/mol. The second kappa shape index (κ2) is 10.5. The first kappa shape index (κ1) is 24.7. The molecule has 7 nitrogen and oxygen atoms in total. The molecule has 0 unspecified atom stereocenters. The molecule has 2 aromatic heterocycles. The van der Waals surface area contributed by atoms with Crippen molar-refractivity contribution in [3.8, 4) is 17.4 Å². The Morgan fingerprint density at radius 1 is 1.03 bits per heavy atom. The van der Waals surface area contributed by atoms with Crippen LogP contribution in [0.15, 0.2) is 82.6 Å². The van der Waals surface area contributed by atoms with Crippen LogP contribution in [0.4, 0.5) is 4.39 Å². The molecule has 0 aliphatic carbocycles. The van der Waals surface area contributed by atoms with Crippen LogP contribution in [0, 0.1) is 5.82 Å². The SMILES string of the molecule is COc1ccc(CCN2C(=O)/C(=C\c3c(Oc4ccc(F)cc4)nc4ccccn4c3=O)SC2=S)cc1. The lowest BCUT2D eigenvalue weighted by atomic mass is 10.1. The van der Waals surface area contributed by atoms with Crippen molar-refractivity contribution in [2.75, 3.05) is 13.7 Å². The number of carbonyl (C=O) groups is 1. The monoisotopic (exact) mass is 533 g/mol. The zero-order valence-corrected chi connectivity index (χ0v) is 21.2. The van der Waals surface area contributed by atoms with Crippen LogP contribution in [0.3, 0.4) is 0 Å². The van der Waals surface area contributed by atoms with Crippen molar-refractivity contribution < 1.29 is 18.7 Å². The maximum Gasteiger partial charge on any atom is 0.269 e. The molecule has 4 aromatic rings. The molecule has 0 spiro atoms. The van der Waals surface area contributed by atoms with Crippen molar-refractivity contribution in [3.05, 3.63) is 105 Å². The number of halogens is 1. The van der Waals surface area contributed by atoms with Gasteiger partial charge in [0.05, 0.1) is 12.0 Å². The molecule has 10 heteroatoms. The van der Waals surface area contributed by atoms with Gasteiger partial charge in [-0.05, 0) is 66.6 Å². The van der Waals surface area contributed by atoms with Gasteiger partial charge in [-0.3, -0.25) is 18.9 Å². The summed E-state index contributed by atoms with van der Waals surface area (Å²) in [6.45, 7) is 0.391. The van der Waals surface area contributed by atoms with Gasteiger partial charge >= 0.3 is 0 Å². The lowest BCUT2D eigenvalue weighted by Crippen LogP contribution is -2.30. The number of hydrogen-bond acceptors (Lipinski definition) is 7. The Labute approximate surface area is 221 Å². The summed E-state index contributed by atoms with van der Waals surface area (Å²) in [7, 11) is 1.61. The fourth-order valence-corrected chi connectivity index (χ4v) is 5.05. The summed E-state index contributed by atoms with van der Waals surface area (Å²) in [6.07, 6.45) is 3.65. The number of carbonyl (C=O) groups excluding carboxylic acids is 1. The summed E-state index contributed by atoms with van der Waals surface area (Å²) in [6, 6.07) is 18.1. The summed E-state index contributed by atoms with van der Waals surface area (Å²) >= 11 is 6.58. The van der Waals surface area contributed by atoms with Gasteiger partial charge in [0, 0.05) is 12.7 Å². The van der Waals surface area contributed by atoms with Gasteiger partial charge in [-0.1, -0.05) is 42.2 Å². The third-order valence-corrected chi connectivity index (χ3v) is 7.07. The Bertz CT molecular complexity index is 1580. The molecule has 0 N–H and O–H groups in total. The second-order valence-corrected chi connectivity index (χ2v) is 9.73. The van der Waals surface area contributed by atoms with Gasteiger partial charge in [0.15, 0.2) is 0 Å². The maximum absolute atomic E-state index is 13.4. The molecular formula is C27H20FN3O4S2. The molecule has 0 saturated carbocycles. The number of methoxy groups -OCH3 is 1. The Balaban J connectivity index is 1.46. The second-order valence-electron chi connectivity index (χ2n) is 8.05. The lowest BCUT2D eigenvalue weighted by Gasteiger charge is -2.14. The van der Waals surface area contributed by atoms with Crippen molar-refractivity contribution >= 4 is 45.9 Å². The molecule has 186 valence electrons. The van der Waals surface area contributed by atoms with Gasteiger partial charge in [-0.15, -0.1) is 0 Å². The van der Waals surface area contributed by atoms with Gasteiger partial charge < -0.3 is 9.47 Å². The van der Waals surface area contributed by atoms with E-state index in [1.165, 1.54) is 39.6 Å². The van der Waals surface area contributed by atoms with E-state index in [-0.39, 0.29) is 17.4 Å². The standard InChI is InChI=1S/C27H20FN3O4S2/c1-34-19-9-5-17(6-10-19)13-15-31-26(33)22(37-27(31)36)16-21-24(35-20-11-7-18(28)8-12-20)29-23-4-2-3-14-30(23)25(21)32/h2-12,14,16H,13,15H2,1H3/b22-16+. The van der Waals surface area contributed by atoms with E-state index < -0.39 is 11.4 Å². The summed E-state index contributed by atoms with van der Waals surface area (Å²) in [5.74, 6) is 0.346. The minimum Gasteiger partial charge on any atom is -0.497 e. The van der Waals surface area contributed by atoms with Crippen molar-refractivity contribution in [1.29, 1.82) is 0 Å². The van der Waals surface area contributed by atoms with Gasteiger partial charge in [0.2, 0.25) is 5.88 Å². The predicted molar refractivity (Wildman–Crippen MR) is 145 cm³/mol. The molecule has 1 saturated heterocycles. The van der Waals surface area contributed by atoms with E-state index >= 15 is 0 Å². The minimum absolute atomic E-state index is 0.00584. The molecule has 1 amide bonds. The molecule has 0 atom stereocenters. The number of ether oxygens (including phenoxy) is 2. The number of fused-ring (bicyclic) bond motifs is 1. The third kappa shape index (κ3) is 5.25. The molecule has 3 heterocycles. The Hall–Kier alpha value is -4.02. The highest BCUT2D eigenvalue weighted by Crippen LogP contribution is 2.34. The van der Waals surface area contributed by atoms with E-state index in [9.17, 15) is 14.0 Å². The van der Waals surface area contributed by atoms with Gasteiger partial charge in [0.25, 0.3) is 11.5 Å². The fraction of sp³-hybridized carbons (Fsp3) is 0.111. The summed E-state index contributed by atoms with van der Waals surface area (Å²) < 4.78 is 26.2. The van der Waals surface area contributed by atoms with E-state index in [0.717, 1.165) is 23.1 Å². The number of benzene rings is 2. The zero-order valence-electron chi connectivity index (χ0n) is 19.6. The summed E-state index contributed by atoms with van der Waals surface area (Å²) in [5, 5.41) is 0. The molecule has 0 bridgehead atoms.